The lowest BCUT2D eigenvalue weighted by Gasteiger charge is -2.07. The summed E-state index contributed by atoms with van der Waals surface area (Å²) in [5.41, 5.74) is 0. The summed E-state index contributed by atoms with van der Waals surface area (Å²) in [7, 11) is 0. The molecule has 70 valence electrons. The number of nitrogens with zero attached hydrogens (tertiary/aromatic N) is 1. The van der Waals surface area contributed by atoms with Gasteiger partial charge < -0.3 is 5.11 Å². The lowest BCUT2D eigenvalue weighted by Crippen LogP contribution is -2.18. The minimum Gasteiger partial charge on any atom is -0.480 e. The van der Waals surface area contributed by atoms with Gasteiger partial charge in [0.05, 0.1) is 0 Å². The molecular weight excluding hydrogens is 206 g/mol. The first-order valence-electron chi connectivity index (χ1n) is 4.06. The van der Waals surface area contributed by atoms with Crippen molar-refractivity contribution in [1.82, 2.24) is 4.98 Å². The van der Waals surface area contributed by atoms with Crippen LogP contribution in [0.2, 0.25) is 0 Å². The monoisotopic (exact) mass is 215 g/mol. The fourth-order valence-corrected chi connectivity index (χ4v) is 3.09. The molecule has 0 aromatic carbocycles. The quantitative estimate of drug-likeness (QED) is 0.781. The lowest BCUT2D eigenvalue weighted by molar-refractivity contribution is -0.136. The Kier molecular flexibility index (Phi) is 2.55. The van der Waals surface area contributed by atoms with Crippen LogP contribution >= 0.6 is 23.1 Å². The van der Waals surface area contributed by atoms with Crippen molar-refractivity contribution in [3.63, 3.8) is 0 Å². The minimum atomic E-state index is -0.706. The molecule has 1 unspecified atom stereocenters. The van der Waals surface area contributed by atoms with Gasteiger partial charge in [-0.25, -0.2) is 4.98 Å². The standard InChI is InChI=1S/C8H9NO2S2/c10-7(11)6(5-1-2-5)13-8-9-3-4-12-8/h3-6H,1-2H2,(H,10,11). The van der Waals surface area contributed by atoms with Crippen molar-refractivity contribution in [2.24, 2.45) is 5.92 Å². The predicted octanol–water partition coefficient (Wildman–Crippen LogP) is 2.10. The van der Waals surface area contributed by atoms with Crippen LogP contribution in [0.15, 0.2) is 15.9 Å². The molecule has 0 aliphatic heterocycles. The molecular formula is C8H9NO2S2. The number of hydrogen-bond acceptors (Lipinski definition) is 4. The molecule has 1 fully saturated rings. The predicted molar refractivity (Wildman–Crippen MR) is 52.1 cm³/mol. The van der Waals surface area contributed by atoms with Gasteiger partial charge in [0.1, 0.15) is 5.25 Å². The lowest BCUT2D eigenvalue weighted by atomic mass is 10.3. The maximum atomic E-state index is 10.9. The van der Waals surface area contributed by atoms with Crippen molar-refractivity contribution in [2.75, 3.05) is 0 Å². The zero-order valence-corrected chi connectivity index (χ0v) is 8.48. The van der Waals surface area contributed by atoms with Crippen LogP contribution in [0, 0.1) is 5.92 Å². The molecule has 3 nitrogen and oxygen atoms in total. The summed E-state index contributed by atoms with van der Waals surface area (Å²) in [6.45, 7) is 0. The molecule has 1 aliphatic carbocycles. The molecule has 0 amide bonds. The Labute approximate surface area is 84.2 Å². The number of thioether (sulfide) groups is 1. The molecule has 0 bridgehead atoms. The number of hydrogen-bond donors (Lipinski definition) is 1. The van der Waals surface area contributed by atoms with Gasteiger partial charge in [0.25, 0.3) is 0 Å². The van der Waals surface area contributed by atoms with Gasteiger partial charge in [-0.2, -0.15) is 0 Å². The van der Waals surface area contributed by atoms with E-state index >= 15 is 0 Å². The SMILES string of the molecule is O=C(O)C(Sc1nccs1)C1CC1. The number of rotatable bonds is 4. The van der Waals surface area contributed by atoms with E-state index < -0.39 is 5.97 Å². The zero-order chi connectivity index (χ0) is 9.26. The highest BCUT2D eigenvalue weighted by Gasteiger charge is 2.37. The third kappa shape index (κ3) is 2.22. The maximum Gasteiger partial charge on any atom is 0.317 e. The first-order valence-corrected chi connectivity index (χ1v) is 5.82. The summed E-state index contributed by atoms with van der Waals surface area (Å²) in [5.74, 6) is -0.339. The van der Waals surface area contributed by atoms with Crippen LogP contribution in [0.1, 0.15) is 12.8 Å². The van der Waals surface area contributed by atoms with Crippen LogP contribution in [-0.2, 0) is 4.79 Å². The van der Waals surface area contributed by atoms with E-state index in [4.69, 9.17) is 5.11 Å². The van der Waals surface area contributed by atoms with Crippen molar-refractivity contribution < 1.29 is 9.90 Å². The van der Waals surface area contributed by atoms with Gasteiger partial charge in [-0.3, -0.25) is 4.79 Å². The topological polar surface area (TPSA) is 50.2 Å². The Morgan fingerprint density at radius 2 is 2.54 bits per heavy atom. The Bertz CT molecular complexity index is 295. The van der Waals surface area contributed by atoms with E-state index in [-0.39, 0.29) is 5.25 Å². The van der Waals surface area contributed by atoms with E-state index in [1.165, 1.54) is 23.1 Å². The minimum absolute atomic E-state index is 0.286. The van der Waals surface area contributed by atoms with Gasteiger partial charge in [-0.15, -0.1) is 11.3 Å². The van der Waals surface area contributed by atoms with Gasteiger partial charge in [0.2, 0.25) is 0 Å². The second-order valence-corrected chi connectivity index (χ2v) is 5.30. The number of aliphatic carboxylic acids is 1. The van der Waals surface area contributed by atoms with Crippen LogP contribution in [-0.4, -0.2) is 21.3 Å². The highest BCUT2D eigenvalue weighted by Crippen LogP contribution is 2.42. The zero-order valence-electron chi connectivity index (χ0n) is 6.84. The molecule has 13 heavy (non-hydrogen) atoms. The molecule has 1 atom stereocenters. The van der Waals surface area contributed by atoms with Gasteiger partial charge in [0, 0.05) is 11.6 Å². The Morgan fingerprint density at radius 3 is 3.00 bits per heavy atom. The van der Waals surface area contributed by atoms with E-state index in [0.29, 0.717) is 5.92 Å². The second kappa shape index (κ2) is 3.67. The number of carboxylic acids is 1. The number of aromatic nitrogens is 1. The van der Waals surface area contributed by atoms with E-state index in [1.54, 1.807) is 6.20 Å². The van der Waals surface area contributed by atoms with Crippen molar-refractivity contribution >= 4 is 29.1 Å². The van der Waals surface area contributed by atoms with Crippen molar-refractivity contribution in [1.29, 1.82) is 0 Å². The number of carboxylic acid groups (broad SMARTS) is 1. The second-order valence-electron chi connectivity index (χ2n) is 3.01. The summed E-state index contributed by atoms with van der Waals surface area (Å²) < 4.78 is 0.860. The van der Waals surface area contributed by atoms with E-state index in [9.17, 15) is 4.79 Å². The van der Waals surface area contributed by atoms with Crippen LogP contribution in [0.25, 0.3) is 0 Å². The van der Waals surface area contributed by atoms with E-state index in [0.717, 1.165) is 17.2 Å². The van der Waals surface area contributed by atoms with Crippen molar-refractivity contribution in [3.05, 3.63) is 11.6 Å². The molecule has 0 radical (unpaired) electrons. The largest absolute Gasteiger partial charge is 0.480 e. The third-order valence-corrected chi connectivity index (χ3v) is 4.22. The normalized spacial score (nSPS) is 18.5. The number of thiazole rings is 1. The smallest absolute Gasteiger partial charge is 0.317 e. The first-order chi connectivity index (χ1) is 6.27. The molecule has 0 spiro atoms. The van der Waals surface area contributed by atoms with Crippen LogP contribution in [0.5, 0.6) is 0 Å². The maximum absolute atomic E-state index is 10.9. The van der Waals surface area contributed by atoms with Gasteiger partial charge in [0.15, 0.2) is 4.34 Å². The van der Waals surface area contributed by atoms with Gasteiger partial charge >= 0.3 is 5.97 Å². The highest BCUT2D eigenvalue weighted by atomic mass is 32.2. The summed E-state index contributed by atoms with van der Waals surface area (Å²) in [6, 6.07) is 0. The molecule has 1 saturated carbocycles. The Hall–Kier alpha value is -0.550. The van der Waals surface area contributed by atoms with Crippen LogP contribution in [0.4, 0.5) is 0 Å². The average Bonchev–Trinajstić information content (AvgIpc) is 2.79. The number of carbonyl (C=O) groups is 1. The van der Waals surface area contributed by atoms with Crippen molar-refractivity contribution in [3.8, 4) is 0 Å². The third-order valence-electron chi connectivity index (χ3n) is 1.93. The fraction of sp³-hybridized carbons (Fsp3) is 0.500. The average molecular weight is 215 g/mol. The summed E-state index contributed by atoms with van der Waals surface area (Å²) in [5, 5.41) is 10.5. The van der Waals surface area contributed by atoms with Gasteiger partial charge in [-0.05, 0) is 18.8 Å². The Morgan fingerprint density at radius 1 is 1.77 bits per heavy atom. The fourth-order valence-electron chi connectivity index (χ4n) is 1.12. The van der Waals surface area contributed by atoms with Crippen LogP contribution < -0.4 is 0 Å². The molecule has 2 rings (SSSR count). The molecule has 1 N–H and O–H groups in total. The summed E-state index contributed by atoms with van der Waals surface area (Å²) in [4.78, 5) is 14.9. The first kappa shape index (κ1) is 9.02. The molecule has 1 aromatic rings. The molecule has 0 saturated heterocycles. The van der Waals surface area contributed by atoms with Crippen LogP contribution in [0.3, 0.4) is 0 Å². The Balaban J connectivity index is 2.01. The highest BCUT2D eigenvalue weighted by molar-refractivity contribution is 8.02. The molecule has 1 aromatic heterocycles. The van der Waals surface area contributed by atoms with E-state index in [2.05, 4.69) is 4.98 Å². The molecule has 5 heteroatoms. The molecule has 1 heterocycles. The van der Waals surface area contributed by atoms with Crippen molar-refractivity contribution in [2.45, 2.75) is 22.4 Å². The summed E-state index contributed by atoms with van der Waals surface area (Å²) in [6.07, 6.45) is 3.81. The van der Waals surface area contributed by atoms with E-state index in [1.807, 2.05) is 5.38 Å². The molecule has 1 aliphatic rings. The summed E-state index contributed by atoms with van der Waals surface area (Å²) >= 11 is 2.88. The van der Waals surface area contributed by atoms with Gasteiger partial charge in [-0.1, -0.05) is 11.8 Å².